The lowest BCUT2D eigenvalue weighted by molar-refractivity contribution is -0.122. The Hall–Kier alpha value is -0.870. The zero-order valence-corrected chi connectivity index (χ0v) is 10.4. The molecule has 1 atom stereocenters. The second-order valence-corrected chi connectivity index (χ2v) is 5.11. The number of hydrogen-bond acceptors (Lipinski definition) is 3. The molecular formula is C12H18N2OS. The molecule has 1 aromatic heterocycles. The quantitative estimate of drug-likeness (QED) is 0.846. The third-order valence-corrected chi connectivity index (χ3v) is 3.82. The van der Waals surface area contributed by atoms with Gasteiger partial charge in [-0.3, -0.25) is 4.79 Å². The van der Waals surface area contributed by atoms with Gasteiger partial charge in [-0.1, -0.05) is 13.3 Å². The largest absolute Gasteiger partial charge is 0.324 e. The molecule has 0 radical (unpaired) electrons. The number of carbonyl (C=O) groups is 1. The summed E-state index contributed by atoms with van der Waals surface area (Å²) in [7, 11) is 0. The maximum absolute atomic E-state index is 12.3. The van der Waals surface area contributed by atoms with E-state index < -0.39 is 0 Å². The molecule has 1 unspecified atom stereocenters. The van der Waals surface area contributed by atoms with E-state index in [1.165, 1.54) is 0 Å². The molecule has 0 bridgehead atoms. The zero-order chi connectivity index (χ0) is 11.4. The van der Waals surface area contributed by atoms with Gasteiger partial charge in [0.15, 0.2) is 0 Å². The van der Waals surface area contributed by atoms with E-state index in [1.807, 2.05) is 16.8 Å². The van der Waals surface area contributed by atoms with Crippen molar-refractivity contribution in [3.63, 3.8) is 0 Å². The van der Waals surface area contributed by atoms with Crippen LogP contribution in [0.3, 0.4) is 0 Å². The van der Waals surface area contributed by atoms with Gasteiger partial charge >= 0.3 is 0 Å². The third kappa shape index (κ3) is 2.28. The van der Waals surface area contributed by atoms with Crippen LogP contribution in [0, 0.1) is 0 Å². The highest BCUT2D eigenvalue weighted by molar-refractivity contribution is 7.08. The van der Waals surface area contributed by atoms with Gasteiger partial charge in [0, 0.05) is 5.38 Å². The van der Waals surface area contributed by atoms with E-state index in [1.54, 1.807) is 11.3 Å². The molecule has 0 aromatic carbocycles. The fourth-order valence-electron chi connectivity index (χ4n) is 2.34. The second kappa shape index (κ2) is 4.97. The number of hydrogen-bond donors (Lipinski definition) is 2. The molecule has 1 aromatic rings. The summed E-state index contributed by atoms with van der Waals surface area (Å²) in [5.74, 6) is 0.130. The molecule has 1 amide bonds. The first-order valence-corrected chi connectivity index (χ1v) is 6.80. The van der Waals surface area contributed by atoms with Gasteiger partial charge in [0.2, 0.25) is 5.91 Å². The molecule has 4 heteroatoms. The molecule has 16 heavy (non-hydrogen) atoms. The third-order valence-electron chi connectivity index (χ3n) is 3.13. The Morgan fingerprint density at radius 2 is 2.56 bits per heavy atom. The average Bonchev–Trinajstić information content (AvgIpc) is 2.89. The van der Waals surface area contributed by atoms with Crippen molar-refractivity contribution in [3.05, 3.63) is 16.8 Å². The van der Waals surface area contributed by atoms with Gasteiger partial charge < -0.3 is 10.6 Å². The number of anilines is 1. The van der Waals surface area contributed by atoms with Crippen LogP contribution >= 0.6 is 11.3 Å². The Bertz CT molecular complexity index is 342. The smallest absolute Gasteiger partial charge is 0.244 e. The minimum absolute atomic E-state index is 0.130. The van der Waals surface area contributed by atoms with Crippen molar-refractivity contribution in [1.29, 1.82) is 0 Å². The minimum Gasteiger partial charge on any atom is -0.324 e. The van der Waals surface area contributed by atoms with Crippen molar-refractivity contribution >= 4 is 22.9 Å². The lowest BCUT2D eigenvalue weighted by Gasteiger charge is -2.27. The van der Waals surface area contributed by atoms with E-state index in [9.17, 15) is 4.79 Å². The predicted molar refractivity (Wildman–Crippen MR) is 67.8 cm³/mol. The fourth-order valence-corrected chi connectivity index (χ4v) is 2.93. The summed E-state index contributed by atoms with van der Waals surface area (Å²) in [4.78, 5) is 12.3. The highest BCUT2D eigenvalue weighted by atomic mass is 32.1. The van der Waals surface area contributed by atoms with Gasteiger partial charge in [-0.2, -0.15) is 11.3 Å². The Morgan fingerprint density at radius 3 is 3.12 bits per heavy atom. The van der Waals surface area contributed by atoms with Crippen molar-refractivity contribution in [2.75, 3.05) is 11.9 Å². The molecule has 88 valence electrons. The molecule has 1 fully saturated rings. The van der Waals surface area contributed by atoms with Crippen LogP contribution in [0.15, 0.2) is 16.8 Å². The van der Waals surface area contributed by atoms with Gasteiger partial charge in [-0.15, -0.1) is 0 Å². The van der Waals surface area contributed by atoms with Gasteiger partial charge in [0.25, 0.3) is 0 Å². The van der Waals surface area contributed by atoms with E-state index in [0.717, 1.165) is 37.9 Å². The normalized spacial score (nSPS) is 24.6. The maximum Gasteiger partial charge on any atom is 0.244 e. The maximum atomic E-state index is 12.3. The molecule has 0 spiro atoms. The SMILES string of the molecule is CCCC1(C(=O)Nc2ccsc2)CCCN1. The summed E-state index contributed by atoms with van der Waals surface area (Å²) in [6.45, 7) is 3.08. The average molecular weight is 238 g/mol. The van der Waals surface area contributed by atoms with E-state index >= 15 is 0 Å². The molecule has 1 aliphatic rings. The molecular weight excluding hydrogens is 220 g/mol. The Kier molecular flexibility index (Phi) is 3.61. The van der Waals surface area contributed by atoms with E-state index in [0.29, 0.717) is 0 Å². The first-order valence-electron chi connectivity index (χ1n) is 5.85. The van der Waals surface area contributed by atoms with Gasteiger partial charge in [0.1, 0.15) is 0 Å². The van der Waals surface area contributed by atoms with Crippen molar-refractivity contribution in [1.82, 2.24) is 5.32 Å². The van der Waals surface area contributed by atoms with E-state index in [2.05, 4.69) is 17.6 Å². The Balaban J connectivity index is 2.05. The number of rotatable bonds is 4. The lowest BCUT2D eigenvalue weighted by Crippen LogP contribution is -2.50. The summed E-state index contributed by atoms with van der Waals surface area (Å²) in [6, 6.07) is 1.94. The monoisotopic (exact) mass is 238 g/mol. The van der Waals surface area contributed by atoms with Crippen LogP contribution in [0.1, 0.15) is 32.6 Å². The highest BCUT2D eigenvalue weighted by Gasteiger charge is 2.39. The molecule has 2 rings (SSSR count). The van der Waals surface area contributed by atoms with Crippen molar-refractivity contribution < 1.29 is 4.79 Å². The van der Waals surface area contributed by atoms with Crippen LogP contribution in [-0.4, -0.2) is 18.0 Å². The molecule has 0 aliphatic carbocycles. The Labute approximate surface area is 100 Å². The zero-order valence-electron chi connectivity index (χ0n) is 9.58. The molecule has 1 saturated heterocycles. The van der Waals surface area contributed by atoms with Crippen molar-refractivity contribution in [3.8, 4) is 0 Å². The van der Waals surface area contributed by atoms with Crippen molar-refractivity contribution in [2.24, 2.45) is 0 Å². The van der Waals surface area contributed by atoms with Crippen LogP contribution in [0.5, 0.6) is 0 Å². The number of carbonyl (C=O) groups excluding carboxylic acids is 1. The molecule has 3 nitrogen and oxygen atoms in total. The predicted octanol–water partition coefficient (Wildman–Crippen LogP) is 2.61. The topological polar surface area (TPSA) is 41.1 Å². The van der Waals surface area contributed by atoms with Gasteiger partial charge in [-0.25, -0.2) is 0 Å². The number of amides is 1. The van der Waals surface area contributed by atoms with Gasteiger partial charge in [-0.05, 0) is 37.3 Å². The number of nitrogens with one attached hydrogen (secondary N) is 2. The molecule has 1 aliphatic heterocycles. The summed E-state index contributed by atoms with van der Waals surface area (Å²) in [6.07, 6.45) is 4.00. The molecule has 2 N–H and O–H groups in total. The van der Waals surface area contributed by atoms with Crippen LogP contribution < -0.4 is 10.6 Å². The van der Waals surface area contributed by atoms with Crippen LogP contribution in [0.25, 0.3) is 0 Å². The standard InChI is InChI=1S/C12H18N2OS/c1-2-5-12(6-3-7-13-12)11(15)14-10-4-8-16-9-10/h4,8-9,13H,2-3,5-7H2,1H3,(H,14,15). The first kappa shape index (κ1) is 11.6. The lowest BCUT2D eigenvalue weighted by atomic mass is 9.91. The fraction of sp³-hybridized carbons (Fsp3) is 0.583. The highest BCUT2D eigenvalue weighted by Crippen LogP contribution is 2.26. The van der Waals surface area contributed by atoms with Crippen LogP contribution in [0.4, 0.5) is 5.69 Å². The van der Waals surface area contributed by atoms with Gasteiger partial charge in [0.05, 0.1) is 11.2 Å². The minimum atomic E-state index is -0.323. The first-order chi connectivity index (χ1) is 7.77. The summed E-state index contributed by atoms with van der Waals surface area (Å²) < 4.78 is 0. The number of thiophene rings is 1. The molecule has 0 saturated carbocycles. The van der Waals surface area contributed by atoms with E-state index in [-0.39, 0.29) is 11.4 Å². The molecule has 2 heterocycles. The van der Waals surface area contributed by atoms with E-state index in [4.69, 9.17) is 0 Å². The Morgan fingerprint density at radius 1 is 1.69 bits per heavy atom. The summed E-state index contributed by atoms with van der Waals surface area (Å²) in [5, 5.41) is 10.3. The van der Waals surface area contributed by atoms with Crippen molar-refractivity contribution in [2.45, 2.75) is 38.1 Å². The summed E-state index contributed by atoms with van der Waals surface area (Å²) in [5.41, 5.74) is 0.593. The van der Waals surface area contributed by atoms with Crippen LogP contribution in [0.2, 0.25) is 0 Å². The summed E-state index contributed by atoms with van der Waals surface area (Å²) >= 11 is 1.60. The van der Waals surface area contributed by atoms with Crippen LogP contribution in [-0.2, 0) is 4.79 Å². The second-order valence-electron chi connectivity index (χ2n) is 4.33.